The first kappa shape index (κ1) is 19.4. The lowest BCUT2D eigenvalue weighted by Crippen LogP contribution is -2.09. The number of esters is 1. The third kappa shape index (κ3) is 4.09. The number of nitrogens with zero attached hydrogens (tertiary/aromatic N) is 3. The van der Waals surface area contributed by atoms with Gasteiger partial charge in [-0.1, -0.05) is 18.2 Å². The number of hydrogen-bond acceptors (Lipinski definition) is 7. The Bertz CT molecular complexity index is 1210. The van der Waals surface area contributed by atoms with Gasteiger partial charge in [-0.25, -0.2) is 23.7 Å². The smallest absolute Gasteiger partial charge is 0.306 e. The number of carbonyl (C=O) groups excluding carboxylic acids is 1. The Kier molecular flexibility index (Phi) is 5.34. The van der Waals surface area contributed by atoms with E-state index in [1.807, 2.05) is 12.1 Å². The number of ether oxygens (including phenoxy) is 1. The Morgan fingerprint density at radius 3 is 2.63 bits per heavy atom. The number of benzene rings is 2. The van der Waals surface area contributed by atoms with Gasteiger partial charge in [0.15, 0.2) is 24.1 Å². The van der Waals surface area contributed by atoms with E-state index >= 15 is 0 Å². The topological polar surface area (TPSA) is 104 Å². The first-order chi connectivity index (χ1) is 14.5. The van der Waals surface area contributed by atoms with E-state index in [4.69, 9.17) is 14.9 Å². The fraction of sp³-hybridized carbons (Fsp3) is 0.143. The number of aromatic nitrogens is 3. The molecule has 0 saturated heterocycles. The van der Waals surface area contributed by atoms with Crippen LogP contribution in [0.5, 0.6) is 0 Å². The molecule has 0 unspecified atom stereocenters. The van der Waals surface area contributed by atoms with Crippen molar-refractivity contribution in [3.63, 3.8) is 0 Å². The van der Waals surface area contributed by atoms with E-state index in [0.717, 1.165) is 17.5 Å². The second-order valence-electron chi connectivity index (χ2n) is 6.42. The quantitative estimate of drug-likeness (QED) is 0.482. The maximum Gasteiger partial charge on any atom is 0.306 e. The summed E-state index contributed by atoms with van der Waals surface area (Å²) >= 11 is 0. The number of para-hydroxylation sites is 1. The summed E-state index contributed by atoms with van der Waals surface area (Å²) in [4.78, 5) is 24.4. The predicted molar refractivity (Wildman–Crippen MR) is 104 cm³/mol. The number of aryl methyl sites for hydroxylation is 1. The number of nitrogens with two attached hydrogens (primary N) is 1. The Balaban J connectivity index is 1.35. The summed E-state index contributed by atoms with van der Waals surface area (Å²) < 4.78 is 38.2. The van der Waals surface area contributed by atoms with Gasteiger partial charge in [0.05, 0.1) is 23.7 Å². The van der Waals surface area contributed by atoms with Crippen LogP contribution in [0.4, 0.5) is 14.6 Å². The lowest BCUT2D eigenvalue weighted by Gasteiger charge is -2.06. The van der Waals surface area contributed by atoms with Crippen molar-refractivity contribution in [1.82, 2.24) is 15.0 Å². The van der Waals surface area contributed by atoms with E-state index in [2.05, 4.69) is 15.0 Å². The molecule has 4 aromatic rings. The Morgan fingerprint density at radius 1 is 1.07 bits per heavy atom. The summed E-state index contributed by atoms with van der Waals surface area (Å²) in [5.41, 5.74) is 6.26. The first-order valence-corrected chi connectivity index (χ1v) is 9.07. The number of anilines is 1. The van der Waals surface area contributed by atoms with Crippen LogP contribution in [-0.4, -0.2) is 20.9 Å². The van der Waals surface area contributed by atoms with Crippen LogP contribution in [0.3, 0.4) is 0 Å². The average molecular weight is 410 g/mol. The van der Waals surface area contributed by atoms with Crippen LogP contribution in [0.1, 0.15) is 18.1 Å². The fourth-order valence-corrected chi connectivity index (χ4v) is 2.92. The molecular formula is C21H16F2N4O3. The van der Waals surface area contributed by atoms with Crippen molar-refractivity contribution < 1.29 is 22.7 Å². The molecule has 0 aliphatic carbocycles. The van der Waals surface area contributed by atoms with Gasteiger partial charge in [-0.3, -0.25) is 4.79 Å². The molecule has 4 rings (SSSR count). The molecule has 152 valence electrons. The molecule has 2 aromatic heterocycles. The lowest BCUT2D eigenvalue weighted by molar-refractivity contribution is -0.145. The summed E-state index contributed by atoms with van der Waals surface area (Å²) in [5, 5.41) is 0.721. The number of oxazole rings is 1. The molecule has 0 aliphatic rings. The molecule has 0 fully saturated rings. The van der Waals surface area contributed by atoms with E-state index in [9.17, 15) is 13.6 Å². The van der Waals surface area contributed by atoms with Crippen LogP contribution < -0.4 is 5.73 Å². The minimum atomic E-state index is -0.758. The third-order valence-electron chi connectivity index (χ3n) is 4.35. The van der Waals surface area contributed by atoms with E-state index in [0.29, 0.717) is 11.3 Å². The molecule has 0 aliphatic heterocycles. The van der Waals surface area contributed by atoms with Crippen molar-refractivity contribution in [3.8, 4) is 11.3 Å². The standard InChI is InChI=1S/C21H16F2N4O3/c22-13-5-3-6-14(23)20(13)16-10-25-18(30-16)8-9-19(28)29-11-17-26-15-7-2-1-4-12(15)21(24)27-17/h1-7,10H,8-9,11H2,(H2,24,26,27). The van der Waals surface area contributed by atoms with E-state index in [-0.39, 0.29) is 42.5 Å². The number of halogens is 2. The fourth-order valence-electron chi connectivity index (χ4n) is 2.92. The van der Waals surface area contributed by atoms with Crippen molar-refractivity contribution >= 4 is 22.7 Å². The van der Waals surface area contributed by atoms with Gasteiger partial charge >= 0.3 is 5.97 Å². The van der Waals surface area contributed by atoms with Gasteiger partial charge in [-0.15, -0.1) is 0 Å². The van der Waals surface area contributed by atoms with E-state index in [1.165, 1.54) is 12.3 Å². The maximum absolute atomic E-state index is 13.8. The zero-order valence-electron chi connectivity index (χ0n) is 15.6. The van der Waals surface area contributed by atoms with Crippen LogP contribution in [0.15, 0.2) is 53.1 Å². The van der Waals surface area contributed by atoms with Gasteiger partial charge in [-0.05, 0) is 24.3 Å². The minimum Gasteiger partial charge on any atom is -0.457 e. The molecule has 2 aromatic carbocycles. The van der Waals surface area contributed by atoms with Crippen LogP contribution in [0.2, 0.25) is 0 Å². The molecule has 0 bridgehead atoms. The summed E-state index contributed by atoms with van der Waals surface area (Å²) in [7, 11) is 0. The second kappa shape index (κ2) is 8.24. The molecule has 9 heteroatoms. The highest BCUT2D eigenvalue weighted by molar-refractivity contribution is 5.87. The van der Waals surface area contributed by atoms with E-state index in [1.54, 1.807) is 12.1 Å². The minimum absolute atomic E-state index is 0.0389. The highest BCUT2D eigenvalue weighted by Gasteiger charge is 2.16. The Morgan fingerprint density at radius 2 is 1.83 bits per heavy atom. The van der Waals surface area contributed by atoms with Crippen molar-refractivity contribution in [2.75, 3.05) is 5.73 Å². The first-order valence-electron chi connectivity index (χ1n) is 9.07. The molecule has 0 radical (unpaired) electrons. The summed E-state index contributed by atoms with van der Waals surface area (Å²) in [6.45, 7) is -0.134. The number of rotatable bonds is 6. The molecule has 0 spiro atoms. The third-order valence-corrected chi connectivity index (χ3v) is 4.35. The van der Waals surface area contributed by atoms with E-state index < -0.39 is 17.6 Å². The molecule has 2 heterocycles. The van der Waals surface area contributed by atoms with Gasteiger partial charge in [0.2, 0.25) is 0 Å². The van der Waals surface area contributed by atoms with Crippen LogP contribution in [-0.2, 0) is 22.6 Å². The Hall–Kier alpha value is -3.88. The molecule has 0 saturated carbocycles. The van der Waals surface area contributed by atoms with Crippen molar-refractivity contribution in [3.05, 3.63) is 72.0 Å². The van der Waals surface area contributed by atoms with Crippen molar-refractivity contribution in [2.24, 2.45) is 0 Å². The predicted octanol–water partition coefficient (Wildman–Crippen LogP) is 3.82. The molecule has 2 N–H and O–H groups in total. The maximum atomic E-state index is 13.8. The number of carbonyl (C=O) groups is 1. The molecular weight excluding hydrogens is 394 g/mol. The number of hydrogen-bond donors (Lipinski definition) is 1. The summed E-state index contributed by atoms with van der Waals surface area (Å²) in [6.07, 6.45) is 1.28. The molecule has 7 nitrogen and oxygen atoms in total. The van der Waals surface area contributed by atoms with Gasteiger partial charge in [0.1, 0.15) is 17.5 Å². The van der Waals surface area contributed by atoms with Crippen molar-refractivity contribution in [2.45, 2.75) is 19.4 Å². The molecule has 30 heavy (non-hydrogen) atoms. The highest BCUT2D eigenvalue weighted by atomic mass is 19.1. The largest absolute Gasteiger partial charge is 0.457 e. The lowest BCUT2D eigenvalue weighted by atomic mass is 10.1. The summed E-state index contributed by atoms with van der Waals surface area (Å²) in [6, 6.07) is 10.8. The summed E-state index contributed by atoms with van der Waals surface area (Å²) in [5.74, 6) is -1.34. The van der Waals surface area contributed by atoms with Crippen LogP contribution >= 0.6 is 0 Å². The zero-order chi connectivity index (χ0) is 21.1. The average Bonchev–Trinajstić information content (AvgIpc) is 3.19. The van der Waals surface area contributed by atoms with Gasteiger partial charge in [0.25, 0.3) is 0 Å². The second-order valence-corrected chi connectivity index (χ2v) is 6.42. The van der Waals surface area contributed by atoms with Gasteiger partial charge in [-0.2, -0.15) is 0 Å². The molecule has 0 atom stereocenters. The number of fused-ring (bicyclic) bond motifs is 1. The monoisotopic (exact) mass is 410 g/mol. The van der Waals surface area contributed by atoms with Crippen LogP contribution in [0.25, 0.3) is 22.2 Å². The molecule has 0 amide bonds. The van der Waals surface area contributed by atoms with Crippen molar-refractivity contribution in [1.29, 1.82) is 0 Å². The van der Waals surface area contributed by atoms with Crippen LogP contribution in [0, 0.1) is 11.6 Å². The number of nitrogen functional groups attached to an aromatic ring is 1. The highest BCUT2D eigenvalue weighted by Crippen LogP contribution is 2.26. The normalized spacial score (nSPS) is 11.0. The zero-order valence-corrected chi connectivity index (χ0v) is 15.6. The van der Waals surface area contributed by atoms with Gasteiger partial charge in [0, 0.05) is 11.8 Å². The SMILES string of the molecule is Nc1nc(COC(=O)CCc2ncc(-c3c(F)cccc3F)o2)nc2ccccc12. The Labute approximate surface area is 169 Å². The van der Waals surface area contributed by atoms with Gasteiger partial charge < -0.3 is 14.9 Å².